The summed E-state index contributed by atoms with van der Waals surface area (Å²) >= 11 is 0. The molecule has 0 aliphatic rings. The molecule has 1 rings (SSSR count). The van der Waals surface area contributed by atoms with Crippen molar-refractivity contribution < 1.29 is 39.5 Å². The zero-order valence-electron chi connectivity index (χ0n) is 9.63. The van der Waals surface area contributed by atoms with Crippen LogP contribution in [0.3, 0.4) is 0 Å². The van der Waals surface area contributed by atoms with Crippen molar-refractivity contribution in [1.29, 1.82) is 0 Å². The number of benzene rings is 1. The average molecular weight is 323 g/mol. The van der Waals surface area contributed by atoms with Crippen LogP contribution in [0, 0.1) is 0 Å². The molecule has 0 aliphatic carbocycles. The third kappa shape index (κ3) is 3.15. The zero-order chi connectivity index (χ0) is 15.9. The van der Waals surface area contributed by atoms with E-state index < -0.39 is 44.1 Å². The van der Waals surface area contributed by atoms with Gasteiger partial charge in [-0.1, -0.05) is 0 Å². The second-order valence-electron chi connectivity index (χ2n) is 3.56. The molecule has 0 saturated heterocycles. The SMILES string of the molecule is COc1ccc(C(F)(F)F)c(S(N)(=O)=O)c1C(F)(F)F. The molecule has 2 N–H and O–H groups in total. The molecule has 0 amide bonds. The number of rotatable bonds is 2. The van der Waals surface area contributed by atoms with E-state index in [1.165, 1.54) is 0 Å². The summed E-state index contributed by atoms with van der Waals surface area (Å²) in [5, 5.41) is 4.49. The Morgan fingerprint density at radius 3 is 1.85 bits per heavy atom. The first-order chi connectivity index (χ1) is 8.80. The Hall–Kier alpha value is -1.49. The topological polar surface area (TPSA) is 69.4 Å². The molecule has 0 radical (unpaired) electrons. The van der Waals surface area contributed by atoms with Gasteiger partial charge in [-0.15, -0.1) is 0 Å². The van der Waals surface area contributed by atoms with Crippen LogP contribution in [-0.4, -0.2) is 15.5 Å². The highest BCUT2D eigenvalue weighted by molar-refractivity contribution is 7.89. The third-order valence-corrected chi connectivity index (χ3v) is 3.21. The highest BCUT2D eigenvalue weighted by Crippen LogP contribution is 2.45. The lowest BCUT2D eigenvalue weighted by Crippen LogP contribution is -2.24. The summed E-state index contributed by atoms with van der Waals surface area (Å²) in [5.74, 6) is -1.07. The fraction of sp³-hybridized carbons (Fsp3) is 0.333. The fourth-order valence-corrected chi connectivity index (χ4v) is 2.51. The normalized spacial score (nSPS) is 13.4. The first-order valence-electron chi connectivity index (χ1n) is 4.68. The largest absolute Gasteiger partial charge is 0.496 e. The number of hydrogen-bond acceptors (Lipinski definition) is 3. The Labute approximate surface area is 109 Å². The fourth-order valence-electron chi connectivity index (χ4n) is 1.52. The minimum absolute atomic E-state index is 0.161. The highest BCUT2D eigenvalue weighted by atomic mass is 32.2. The van der Waals surface area contributed by atoms with Crippen LogP contribution in [0.15, 0.2) is 17.0 Å². The molecule has 4 nitrogen and oxygen atoms in total. The minimum Gasteiger partial charge on any atom is -0.496 e. The van der Waals surface area contributed by atoms with Gasteiger partial charge in [0.2, 0.25) is 10.0 Å². The van der Waals surface area contributed by atoms with Crippen LogP contribution in [0.25, 0.3) is 0 Å². The van der Waals surface area contributed by atoms with Gasteiger partial charge in [0.15, 0.2) is 0 Å². The molecule has 0 saturated carbocycles. The third-order valence-electron chi connectivity index (χ3n) is 2.21. The Morgan fingerprint density at radius 2 is 1.55 bits per heavy atom. The first-order valence-corrected chi connectivity index (χ1v) is 6.23. The molecular formula is C9H7F6NO3S. The van der Waals surface area contributed by atoms with E-state index in [1.54, 1.807) is 0 Å². The van der Waals surface area contributed by atoms with E-state index in [4.69, 9.17) is 0 Å². The average Bonchev–Trinajstić information content (AvgIpc) is 2.23. The van der Waals surface area contributed by atoms with E-state index in [0.29, 0.717) is 6.07 Å². The van der Waals surface area contributed by atoms with Gasteiger partial charge in [-0.2, -0.15) is 26.3 Å². The molecule has 0 bridgehead atoms. The number of halogens is 6. The van der Waals surface area contributed by atoms with Gasteiger partial charge in [0, 0.05) is 0 Å². The predicted octanol–water partition coefficient (Wildman–Crippen LogP) is 2.38. The maximum absolute atomic E-state index is 12.8. The highest BCUT2D eigenvalue weighted by Gasteiger charge is 2.46. The molecule has 1 aromatic rings. The molecule has 0 aromatic heterocycles. The van der Waals surface area contributed by atoms with E-state index in [9.17, 15) is 34.8 Å². The first kappa shape index (κ1) is 16.6. The summed E-state index contributed by atoms with van der Waals surface area (Å²) in [5.41, 5.74) is -4.09. The Morgan fingerprint density at radius 1 is 1.05 bits per heavy atom. The van der Waals surface area contributed by atoms with Crippen LogP contribution >= 0.6 is 0 Å². The smallest absolute Gasteiger partial charge is 0.421 e. The van der Waals surface area contributed by atoms with Crippen LogP contribution in [0.2, 0.25) is 0 Å². The second kappa shape index (κ2) is 4.81. The monoisotopic (exact) mass is 323 g/mol. The van der Waals surface area contributed by atoms with Crippen molar-refractivity contribution in [2.45, 2.75) is 17.2 Å². The van der Waals surface area contributed by atoms with Gasteiger partial charge < -0.3 is 4.74 Å². The van der Waals surface area contributed by atoms with Gasteiger partial charge in [0.1, 0.15) is 16.2 Å². The van der Waals surface area contributed by atoms with E-state index in [-0.39, 0.29) is 6.07 Å². The van der Waals surface area contributed by atoms with Crippen LogP contribution in [0.4, 0.5) is 26.3 Å². The van der Waals surface area contributed by atoms with Crippen molar-refractivity contribution >= 4 is 10.0 Å². The molecule has 0 atom stereocenters. The number of ether oxygens (including phenoxy) is 1. The maximum Gasteiger partial charge on any atom is 0.421 e. The molecule has 1 aromatic carbocycles. The van der Waals surface area contributed by atoms with Crippen molar-refractivity contribution in [2.24, 2.45) is 5.14 Å². The van der Waals surface area contributed by atoms with Gasteiger partial charge in [-0.3, -0.25) is 0 Å². The number of nitrogens with two attached hydrogens (primary N) is 1. The van der Waals surface area contributed by atoms with E-state index in [2.05, 4.69) is 9.88 Å². The lowest BCUT2D eigenvalue weighted by molar-refractivity contribution is -0.148. The van der Waals surface area contributed by atoms with E-state index in [1.807, 2.05) is 0 Å². The van der Waals surface area contributed by atoms with Gasteiger partial charge in [-0.05, 0) is 12.1 Å². The molecule has 0 aliphatic heterocycles. The van der Waals surface area contributed by atoms with E-state index in [0.717, 1.165) is 7.11 Å². The van der Waals surface area contributed by atoms with Gasteiger partial charge in [0.25, 0.3) is 0 Å². The van der Waals surface area contributed by atoms with Crippen molar-refractivity contribution in [3.05, 3.63) is 23.3 Å². The van der Waals surface area contributed by atoms with Crippen molar-refractivity contribution in [3.8, 4) is 5.75 Å². The molecule has 0 heterocycles. The summed E-state index contributed by atoms with van der Waals surface area (Å²) in [6, 6.07) is 0.536. The number of methoxy groups -OCH3 is 1. The standard InChI is InChI=1S/C9H7F6NO3S/c1-19-5-3-2-4(8(10,11)12)7(20(16,17)18)6(5)9(13,14)15/h2-3H,1H3,(H2,16,17,18). The predicted molar refractivity (Wildman–Crippen MR) is 54.4 cm³/mol. The summed E-state index contributed by atoms with van der Waals surface area (Å²) in [6.07, 6.45) is -10.7. The van der Waals surface area contributed by atoms with Crippen LogP contribution in [0.5, 0.6) is 5.75 Å². The summed E-state index contributed by atoms with van der Waals surface area (Å²) in [7, 11) is -4.53. The summed E-state index contributed by atoms with van der Waals surface area (Å²) in [4.78, 5) is -2.06. The van der Waals surface area contributed by atoms with Crippen LogP contribution in [-0.2, 0) is 22.4 Å². The number of alkyl halides is 6. The molecular weight excluding hydrogens is 316 g/mol. The molecule has 114 valence electrons. The quantitative estimate of drug-likeness (QED) is 0.850. The molecule has 11 heteroatoms. The Balaban J connectivity index is 3.97. The van der Waals surface area contributed by atoms with Gasteiger partial charge in [0.05, 0.1) is 12.7 Å². The molecule has 20 heavy (non-hydrogen) atoms. The van der Waals surface area contributed by atoms with Crippen molar-refractivity contribution in [3.63, 3.8) is 0 Å². The molecule has 0 fully saturated rings. The van der Waals surface area contributed by atoms with Gasteiger partial charge in [-0.25, -0.2) is 13.6 Å². The second-order valence-corrected chi connectivity index (χ2v) is 5.06. The molecule has 0 unspecified atom stereocenters. The lowest BCUT2D eigenvalue weighted by atomic mass is 10.1. The van der Waals surface area contributed by atoms with Crippen LogP contribution in [0.1, 0.15) is 11.1 Å². The zero-order valence-corrected chi connectivity index (χ0v) is 10.4. The van der Waals surface area contributed by atoms with E-state index >= 15 is 0 Å². The van der Waals surface area contributed by atoms with Crippen LogP contribution < -0.4 is 9.88 Å². The minimum atomic E-state index is -5.39. The maximum atomic E-state index is 12.8. The number of hydrogen-bond donors (Lipinski definition) is 1. The lowest BCUT2D eigenvalue weighted by Gasteiger charge is -2.19. The Bertz CT molecular complexity index is 620. The van der Waals surface area contributed by atoms with Crippen molar-refractivity contribution in [1.82, 2.24) is 0 Å². The summed E-state index contributed by atoms with van der Waals surface area (Å²) < 4.78 is 103. The van der Waals surface area contributed by atoms with Crippen molar-refractivity contribution in [2.75, 3.05) is 7.11 Å². The number of primary sulfonamides is 1. The number of sulfonamides is 1. The summed E-state index contributed by atoms with van der Waals surface area (Å²) in [6.45, 7) is 0. The molecule has 0 spiro atoms. The van der Waals surface area contributed by atoms with Gasteiger partial charge >= 0.3 is 12.4 Å². The Kier molecular flexibility index (Phi) is 3.98.